The van der Waals surface area contributed by atoms with E-state index in [1.54, 1.807) is 0 Å². The molecule has 4 heteroatoms. The molecule has 2 aliphatic heterocycles. The summed E-state index contributed by atoms with van der Waals surface area (Å²) >= 11 is 6.34. The molecule has 154 valence electrons. The summed E-state index contributed by atoms with van der Waals surface area (Å²) in [6.45, 7) is 13.6. The molecule has 30 heavy (non-hydrogen) atoms. The lowest BCUT2D eigenvalue weighted by molar-refractivity contribution is 0.500. The van der Waals surface area contributed by atoms with Gasteiger partial charge in [-0.3, -0.25) is 0 Å². The van der Waals surface area contributed by atoms with Crippen LogP contribution in [0.15, 0.2) is 48.2 Å². The predicted octanol–water partition coefficient (Wildman–Crippen LogP) is 7.12. The van der Waals surface area contributed by atoms with Gasteiger partial charge in [-0.1, -0.05) is 38.1 Å². The van der Waals surface area contributed by atoms with Crippen molar-refractivity contribution in [2.75, 3.05) is 0 Å². The number of aryl methyl sites for hydroxylation is 2. The zero-order valence-electron chi connectivity index (χ0n) is 17.6. The molecule has 0 N–H and O–H groups in total. The van der Waals surface area contributed by atoms with E-state index < -0.39 is 0 Å². The molecule has 0 radical (unpaired) electrons. The molecule has 0 bridgehead atoms. The minimum absolute atomic E-state index is 0.264. The quantitative estimate of drug-likeness (QED) is 0.489. The molecule has 1 aliphatic carbocycles. The van der Waals surface area contributed by atoms with E-state index in [9.17, 15) is 4.39 Å². The van der Waals surface area contributed by atoms with Crippen LogP contribution in [0.3, 0.4) is 0 Å². The average Bonchev–Trinajstić information content (AvgIpc) is 3.10. The fourth-order valence-corrected chi connectivity index (χ4v) is 5.52. The van der Waals surface area contributed by atoms with Crippen molar-refractivity contribution in [3.05, 3.63) is 81.4 Å². The Kier molecular flexibility index (Phi) is 4.62. The molecule has 1 aromatic heterocycles. The molecule has 0 saturated heterocycles. The zero-order valence-corrected chi connectivity index (χ0v) is 18.4. The Hall–Kier alpha value is -2.39. The van der Waals surface area contributed by atoms with Crippen LogP contribution in [0.5, 0.6) is 0 Å². The van der Waals surface area contributed by atoms with Crippen molar-refractivity contribution in [3.63, 3.8) is 0 Å². The number of halogens is 2. The van der Waals surface area contributed by atoms with E-state index in [-0.39, 0.29) is 10.8 Å². The van der Waals surface area contributed by atoms with E-state index in [2.05, 4.69) is 38.0 Å². The first-order valence-electron chi connectivity index (χ1n) is 10.8. The topological polar surface area (TPSA) is 16.1 Å². The molecule has 0 amide bonds. The molecule has 2 aromatic rings. The van der Waals surface area contributed by atoms with Gasteiger partial charge in [-0.2, -0.15) is 0 Å². The van der Waals surface area contributed by atoms with Crippen LogP contribution in [0, 0.1) is 11.7 Å². The Morgan fingerprint density at radius 3 is 2.77 bits per heavy atom. The molecule has 0 saturated carbocycles. The van der Waals surface area contributed by atoms with Crippen molar-refractivity contribution in [2.24, 2.45) is 5.92 Å². The maximum atomic E-state index is 14.5. The van der Waals surface area contributed by atoms with Gasteiger partial charge < -0.3 is 4.90 Å². The predicted molar refractivity (Wildman–Crippen MR) is 123 cm³/mol. The highest BCUT2D eigenvalue weighted by atomic mass is 35.5. The Bertz CT molecular complexity index is 1190. The lowest BCUT2D eigenvalue weighted by atomic mass is 9.86. The van der Waals surface area contributed by atoms with E-state index in [1.807, 2.05) is 6.08 Å². The lowest BCUT2D eigenvalue weighted by Gasteiger charge is -2.32. The molecular weight excluding hydrogens is 395 g/mol. The minimum Gasteiger partial charge on any atom is -0.335 e. The number of rotatable bonds is 4. The Labute approximate surface area is 182 Å². The number of hydrogen-bond acceptors (Lipinski definition) is 2. The summed E-state index contributed by atoms with van der Waals surface area (Å²) in [5.74, 6) is 0.0211. The second kappa shape index (κ2) is 7.09. The molecule has 0 unspecified atom stereocenters. The number of fused-ring (bicyclic) bond motifs is 4. The number of allylic oxidation sites excluding steroid dienone is 4. The van der Waals surface area contributed by atoms with Crippen molar-refractivity contribution in [1.82, 2.24) is 9.88 Å². The van der Waals surface area contributed by atoms with Crippen LogP contribution in [-0.4, -0.2) is 9.88 Å². The van der Waals surface area contributed by atoms with Gasteiger partial charge in [0.05, 0.1) is 28.5 Å². The average molecular weight is 421 g/mol. The third-order valence-electron chi connectivity index (χ3n) is 6.72. The molecule has 1 aromatic carbocycles. The smallest absolute Gasteiger partial charge is 0.144 e. The first kappa shape index (κ1) is 19.6. The summed E-state index contributed by atoms with van der Waals surface area (Å²) in [4.78, 5) is 7.27. The summed E-state index contributed by atoms with van der Waals surface area (Å²) in [5.41, 5.74) is 9.97. The van der Waals surface area contributed by atoms with Gasteiger partial charge in [-0.15, -0.1) is 6.58 Å². The number of pyridine rings is 1. The fraction of sp³-hybridized carbons (Fsp3) is 0.346. The van der Waals surface area contributed by atoms with Gasteiger partial charge >= 0.3 is 0 Å². The first-order chi connectivity index (χ1) is 14.4. The highest BCUT2D eigenvalue weighted by Gasteiger charge is 2.36. The van der Waals surface area contributed by atoms with Gasteiger partial charge in [0, 0.05) is 22.7 Å². The van der Waals surface area contributed by atoms with E-state index in [4.69, 9.17) is 16.6 Å². The second-order valence-electron chi connectivity index (χ2n) is 8.79. The summed E-state index contributed by atoms with van der Waals surface area (Å²) in [6.07, 6.45) is 8.91. The van der Waals surface area contributed by atoms with Crippen LogP contribution in [0.25, 0.3) is 16.6 Å². The largest absolute Gasteiger partial charge is 0.335 e. The first-order valence-corrected chi connectivity index (χ1v) is 11.1. The molecule has 3 heterocycles. The normalized spacial score (nSPS) is 17.6. The van der Waals surface area contributed by atoms with Gasteiger partial charge in [0.15, 0.2) is 0 Å². The zero-order chi connectivity index (χ0) is 21.2. The fourth-order valence-electron chi connectivity index (χ4n) is 5.28. The third-order valence-corrected chi connectivity index (χ3v) is 7.13. The maximum absolute atomic E-state index is 14.5. The van der Waals surface area contributed by atoms with Crippen LogP contribution < -0.4 is 0 Å². The number of aromatic nitrogens is 1. The van der Waals surface area contributed by atoms with E-state index in [0.29, 0.717) is 5.92 Å². The number of nitrogens with zero attached hydrogens (tertiary/aromatic N) is 2. The van der Waals surface area contributed by atoms with Crippen LogP contribution in [0.1, 0.15) is 55.5 Å². The van der Waals surface area contributed by atoms with Crippen LogP contribution in [0.2, 0.25) is 5.02 Å². The lowest BCUT2D eigenvalue weighted by Crippen LogP contribution is -2.21. The number of benzene rings is 1. The molecule has 0 atom stereocenters. The minimum atomic E-state index is -0.370. The molecule has 5 rings (SSSR count). The van der Waals surface area contributed by atoms with Crippen LogP contribution >= 0.6 is 11.6 Å². The molecule has 0 spiro atoms. The van der Waals surface area contributed by atoms with Gasteiger partial charge in [-0.05, 0) is 66.4 Å². The van der Waals surface area contributed by atoms with Crippen molar-refractivity contribution in [1.29, 1.82) is 0 Å². The standard InChI is InChI=1S/C26H26ClFN2/c1-5-6-8-16-15(4)30-13-20-17-9-7-10-18-24(17)22(12-21(28)25(18)27)29-26(20)23(30)11-19(16)14(2)3/h5,11-12,14H,1,4,6-10,13H2,2-3H3. The van der Waals surface area contributed by atoms with E-state index in [0.717, 1.165) is 72.2 Å². The second-order valence-corrected chi connectivity index (χ2v) is 9.17. The monoisotopic (exact) mass is 420 g/mol. The Morgan fingerprint density at radius 1 is 1.27 bits per heavy atom. The van der Waals surface area contributed by atoms with Crippen molar-refractivity contribution >= 4 is 28.2 Å². The Morgan fingerprint density at radius 2 is 2.03 bits per heavy atom. The van der Waals surface area contributed by atoms with Gasteiger partial charge in [0.25, 0.3) is 0 Å². The molecule has 2 nitrogen and oxygen atoms in total. The van der Waals surface area contributed by atoms with E-state index >= 15 is 0 Å². The van der Waals surface area contributed by atoms with Crippen molar-refractivity contribution in [3.8, 4) is 0 Å². The van der Waals surface area contributed by atoms with Gasteiger partial charge in [-0.25, -0.2) is 9.37 Å². The van der Waals surface area contributed by atoms with Gasteiger partial charge in [0.1, 0.15) is 5.82 Å². The molecular formula is C26H26ClFN2. The molecule has 0 fully saturated rings. The summed E-state index contributed by atoms with van der Waals surface area (Å²) in [7, 11) is 0. The maximum Gasteiger partial charge on any atom is 0.144 e. The Balaban J connectivity index is 1.75. The highest BCUT2D eigenvalue weighted by molar-refractivity contribution is 6.32. The summed E-state index contributed by atoms with van der Waals surface area (Å²) in [5, 5.41) is 1.33. The van der Waals surface area contributed by atoms with Gasteiger partial charge in [0.2, 0.25) is 0 Å². The third kappa shape index (κ3) is 2.71. The summed E-state index contributed by atoms with van der Waals surface area (Å²) in [6, 6.07) is 1.51. The SMILES string of the molecule is C=CCCC1=C(C(C)C)C=C2c3nc4cc(F)c(Cl)c5c4c(c3CN2C1=C)CCC5. The van der Waals surface area contributed by atoms with Crippen LogP contribution in [0.4, 0.5) is 4.39 Å². The number of hydrogen-bond donors (Lipinski definition) is 0. The summed E-state index contributed by atoms with van der Waals surface area (Å²) < 4.78 is 14.5. The molecule has 3 aliphatic rings. The highest BCUT2D eigenvalue weighted by Crippen LogP contribution is 2.47. The van der Waals surface area contributed by atoms with E-state index in [1.165, 1.54) is 28.3 Å². The van der Waals surface area contributed by atoms with Crippen LogP contribution in [-0.2, 0) is 19.4 Å². The van der Waals surface area contributed by atoms with Crippen molar-refractivity contribution < 1.29 is 4.39 Å². The van der Waals surface area contributed by atoms with Crippen molar-refractivity contribution in [2.45, 2.75) is 52.5 Å².